The maximum atomic E-state index is 12.4. The molecule has 0 spiro atoms. The van der Waals surface area contributed by atoms with E-state index in [1.165, 1.54) is 11.3 Å². The maximum absolute atomic E-state index is 12.4. The number of ether oxygens (including phenoxy) is 4. The van der Waals surface area contributed by atoms with Gasteiger partial charge in [-0.3, -0.25) is 0 Å². The first-order valence-electron chi connectivity index (χ1n) is 8.49. The van der Waals surface area contributed by atoms with Crippen LogP contribution in [-0.4, -0.2) is 31.3 Å². The third-order valence-electron chi connectivity index (χ3n) is 4.12. The van der Waals surface area contributed by atoms with E-state index in [4.69, 9.17) is 18.9 Å². The summed E-state index contributed by atoms with van der Waals surface area (Å²) in [5, 5.41) is 2.44. The summed E-state index contributed by atoms with van der Waals surface area (Å²) in [6, 6.07) is 11.2. The average Bonchev–Trinajstić information content (AvgIpc) is 3.22. The lowest BCUT2D eigenvalue weighted by Gasteiger charge is -2.19. The first-order chi connectivity index (χ1) is 13.6. The number of benzene rings is 2. The highest BCUT2D eigenvalue weighted by Gasteiger charge is 2.18. The van der Waals surface area contributed by atoms with E-state index in [1.54, 1.807) is 12.5 Å². The Morgan fingerprint density at radius 1 is 1.18 bits per heavy atom. The van der Waals surface area contributed by atoms with Crippen LogP contribution < -0.4 is 14.2 Å². The van der Waals surface area contributed by atoms with Crippen LogP contribution in [0.25, 0.3) is 10.6 Å². The highest BCUT2D eigenvalue weighted by molar-refractivity contribution is 9.10. The number of halogens is 1. The van der Waals surface area contributed by atoms with Gasteiger partial charge in [0.25, 0.3) is 0 Å². The number of hydrogen-bond donors (Lipinski definition) is 0. The summed E-state index contributed by atoms with van der Waals surface area (Å²) in [4.78, 5) is 16.8. The van der Waals surface area contributed by atoms with Crippen LogP contribution >= 0.6 is 27.3 Å². The van der Waals surface area contributed by atoms with Gasteiger partial charge in [-0.2, -0.15) is 0 Å². The molecule has 2 heterocycles. The molecule has 0 fully saturated rings. The lowest BCUT2D eigenvalue weighted by atomic mass is 10.2. The quantitative estimate of drug-likeness (QED) is 0.512. The highest BCUT2D eigenvalue weighted by Crippen LogP contribution is 2.36. The number of carbonyl (C=O) groups excluding carboxylic acids is 1. The molecule has 28 heavy (non-hydrogen) atoms. The number of rotatable bonds is 5. The number of aromatic nitrogens is 1. The molecule has 0 aliphatic carbocycles. The van der Waals surface area contributed by atoms with Crippen LogP contribution in [0.15, 0.2) is 46.3 Å². The third-order valence-corrected chi connectivity index (χ3v) is 5.75. The predicted molar refractivity (Wildman–Crippen MR) is 108 cm³/mol. The van der Waals surface area contributed by atoms with E-state index in [0.717, 1.165) is 26.4 Å². The van der Waals surface area contributed by atoms with Crippen molar-refractivity contribution in [2.24, 2.45) is 0 Å². The standard InChI is InChI=1S/C20H16BrNO5S/c1-24-14-4-2-12(3-5-14)19-22-16(11-28-19)20(23)27-10-13-8-17-18(9-15(13)21)26-7-6-25-17/h2-5,8-9,11H,6-7,10H2,1H3. The zero-order chi connectivity index (χ0) is 19.5. The second-order valence-electron chi connectivity index (χ2n) is 5.93. The molecule has 6 nitrogen and oxygen atoms in total. The summed E-state index contributed by atoms with van der Waals surface area (Å²) >= 11 is 4.87. The topological polar surface area (TPSA) is 66.9 Å². The van der Waals surface area contributed by atoms with Crippen LogP contribution in [0.1, 0.15) is 16.1 Å². The minimum atomic E-state index is -0.474. The molecule has 0 radical (unpaired) electrons. The summed E-state index contributed by atoms with van der Waals surface area (Å²) < 4.78 is 22.5. The number of thiazole rings is 1. The normalized spacial score (nSPS) is 12.5. The van der Waals surface area contributed by atoms with Crippen molar-refractivity contribution in [3.63, 3.8) is 0 Å². The summed E-state index contributed by atoms with van der Waals surface area (Å²) in [6.45, 7) is 1.13. The smallest absolute Gasteiger partial charge is 0.358 e. The van der Waals surface area contributed by atoms with Gasteiger partial charge in [0.15, 0.2) is 17.2 Å². The molecule has 0 unspecified atom stereocenters. The van der Waals surface area contributed by atoms with E-state index in [0.29, 0.717) is 24.7 Å². The Bertz CT molecular complexity index is 1000. The van der Waals surface area contributed by atoms with Crippen LogP contribution in [0, 0.1) is 0 Å². The fraction of sp³-hybridized carbons (Fsp3) is 0.200. The second kappa shape index (κ2) is 8.20. The largest absolute Gasteiger partial charge is 0.497 e. The fourth-order valence-electron chi connectivity index (χ4n) is 2.67. The van der Waals surface area contributed by atoms with E-state index in [-0.39, 0.29) is 12.3 Å². The third kappa shape index (κ3) is 3.98. The van der Waals surface area contributed by atoms with Gasteiger partial charge in [0, 0.05) is 21.0 Å². The van der Waals surface area contributed by atoms with E-state index >= 15 is 0 Å². The van der Waals surface area contributed by atoms with Gasteiger partial charge in [-0.05, 0) is 36.4 Å². The first kappa shape index (κ1) is 18.8. The Balaban J connectivity index is 1.44. The molecular formula is C20H16BrNO5S. The molecule has 8 heteroatoms. The molecule has 2 aromatic carbocycles. The van der Waals surface area contributed by atoms with Crippen molar-refractivity contribution in [2.75, 3.05) is 20.3 Å². The van der Waals surface area contributed by atoms with Gasteiger partial charge in [-0.25, -0.2) is 9.78 Å². The van der Waals surface area contributed by atoms with Gasteiger partial charge in [-0.15, -0.1) is 11.3 Å². The molecule has 0 saturated carbocycles. The summed E-state index contributed by atoms with van der Waals surface area (Å²) in [7, 11) is 1.62. The van der Waals surface area contributed by atoms with Crippen LogP contribution in [0.2, 0.25) is 0 Å². The number of fused-ring (bicyclic) bond motifs is 1. The van der Waals surface area contributed by atoms with Gasteiger partial charge >= 0.3 is 5.97 Å². The Kier molecular flexibility index (Phi) is 5.50. The van der Waals surface area contributed by atoms with E-state index in [9.17, 15) is 4.79 Å². The fourth-order valence-corrected chi connectivity index (χ4v) is 3.90. The zero-order valence-corrected chi connectivity index (χ0v) is 17.3. The Hall–Kier alpha value is -2.58. The minimum Gasteiger partial charge on any atom is -0.497 e. The van der Waals surface area contributed by atoms with Gasteiger partial charge in [-0.1, -0.05) is 15.9 Å². The predicted octanol–water partition coefficient (Wildman–Crippen LogP) is 4.71. The van der Waals surface area contributed by atoms with Crippen LogP contribution in [-0.2, 0) is 11.3 Å². The molecule has 0 atom stereocenters. The van der Waals surface area contributed by atoms with Gasteiger partial charge in [0.2, 0.25) is 0 Å². The van der Waals surface area contributed by atoms with Crippen molar-refractivity contribution in [3.8, 4) is 27.8 Å². The van der Waals surface area contributed by atoms with Gasteiger partial charge in [0.1, 0.15) is 30.6 Å². The van der Waals surface area contributed by atoms with Crippen molar-refractivity contribution in [1.82, 2.24) is 4.98 Å². The minimum absolute atomic E-state index is 0.103. The van der Waals surface area contributed by atoms with E-state index in [2.05, 4.69) is 20.9 Å². The molecule has 3 aromatic rings. The molecule has 0 saturated heterocycles. The molecule has 144 valence electrons. The van der Waals surface area contributed by atoms with Crippen molar-refractivity contribution in [3.05, 3.63) is 57.5 Å². The molecule has 1 aliphatic rings. The summed E-state index contributed by atoms with van der Waals surface area (Å²) in [5.41, 5.74) is 1.99. The second-order valence-corrected chi connectivity index (χ2v) is 7.64. The lowest BCUT2D eigenvalue weighted by molar-refractivity contribution is 0.0465. The zero-order valence-electron chi connectivity index (χ0n) is 14.9. The molecular weight excluding hydrogens is 446 g/mol. The van der Waals surface area contributed by atoms with E-state index < -0.39 is 5.97 Å². The highest BCUT2D eigenvalue weighted by atomic mass is 79.9. The monoisotopic (exact) mass is 461 g/mol. The summed E-state index contributed by atoms with van der Waals surface area (Å²) in [6.07, 6.45) is 0. The molecule has 4 rings (SSSR count). The Morgan fingerprint density at radius 2 is 1.89 bits per heavy atom. The molecule has 1 aromatic heterocycles. The number of esters is 1. The van der Waals surface area contributed by atoms with Crippen LogP contribution in [0.5, 0.6) is 17.2 Å². The number of methoxy groups -OCH3 is 1. The van der Waals surface area contributed by atoms with Crippen molar-refractivity contribution < 1.29 is 23.7 Å². The Morgan fingerprint density at radius 3 is 2.61 bits per heavy atom. The molecule has 0 bridgehead atoms. The average molecular weight is 462 g/mol. The summed E-state index contributed by atoms with van der Waals surface area (Å²) in [5.74, 6) is 1.62. The maximum Gasteiger partial charge on any atom is 0.358 e. The van der Waals surface area contributed by atoms with Crippen LogP contribution in [0.4, 0.5) is 0 Å². The van der Waals surface area contributed by atoms with Gasteiger partial charge < -0.3 is 18.9 Å². The number of carbonyl (C=O) groups is 1. The first-order valence-corrected chi connectivity index (χ1v) is 10.2. The van der Waals surface area contributed by atoms with Gasteiger partial charge in [0.05, 0.1) is 7.11 Å². The van der Waals surface area contributed by atoms with Crippen molar-refractivity contribution in [2.45, 2.75) is 6.61 Å². The molecule has 1 aliphatic heterocycles. The Labute approximate surface area is 174 Å². The lowest BCUT2D eigenvalue weighted by Crippen LogP contribution is -2.15. The van der Waals surface area contributed by atoms with Crippen molar-refractivity contribution in [1.29, 1.82) is 0 Å². The number of nitrogens with zero attached hydrogens (tertiary/aromatic N) is 1. The van der Waals surface area contributed by atoms with E-state index in [1.807, 2.05) is 36.4 Å². The van der Waals surface area contributed by atoms with Crippen molar-refractivity contribution >= 4 is 33.2 Å². The van der Waals surface area contributed by atoms with Crippen LogP contribution in [0.3, 0.4) is 0 Å². The number of hydrogen-bond acceptors (Lipinski definition) is 7. The molecule has 0 N–H and O–H groups in total. The SMILES string of the molecule is COc1ccc(-c2nc(C(=O)OCc3cc4c(cc3Br)OCCO4)cs2)cc1. The molecule has 0 amide bonds.